The molecule has 2 heteroatoms. The number of hydrogen-bond donors (Lipinski definition) is 1. The van der Waals surface area contributed by atoms with Gasteiger partial charge in [0.2, 0.25) is 0 Å². The second kappa shape index (κ2) is 3.11. The summed E-state index contributed by atoms with van der Waals surface area (Å²) in [5, 5.41) is 0. The summed E-state index contributed by atoms with van der Waals surface area (Å²) in [7, 11) is 0. The average molecular weight is 176 g/mol. The van der Waals surface area contributed by atoms with E-state index in [0.29, 0.717) is 5.41 Å². The fourth-order valence-corrected chi connectivity index (χ4v) is 1.78. The van der Waals surface area contributed by atoms with E-state index in [1.807, 2.05) is 13.1 Å². The maximum atomic E-state index is 5.74. The van der Waals surface area contributed by atoms with Gasteiger partial charge in [0.15, 0.2) is 0 Å². The first-order valence-electron chi connectivity index (χ1n) is 4.86. The smallest absolute Gasteiger partial charge is 0.0375 e. The fraction of sp³-hybridized carbons (Fsp3) is 0.545. The summed E-state index contributed by atoms with van der Waals surface area (Å²) in [5.41, 5.74) is 8.66. The molecule has 70 valence electrons. The Labute approximate surface area is 79.2 Å². The summed E-state index contributed by atoms with van der Waals surface area (Å²) in [5.74, 6) is 0. The van der Waals surface area contributed by atoms with Crippen molar-refractivity contribution in [1.82, 2.24) is 4.98 Å². The highest BCUT2D eigenvalue weighted by atomic mass is 14.7. The van der Waals surface area contributed by atoms with Crippen LogP contribution in [0.3, 0.4) is 0 Å². The van der Waals surface area contributed by atoms with E-state index in [2.05, 4.69) is 17.1 Å². The third-order valence-electron chi connectivity index (χ3n) is 2.93. The largest absolute Gasteiger partial charge is 0.330 e. The van der Waals surface area contributed by atoms with Crippen LogP contribution in [-0.4, -0.2) is 11.5 Å². The zero-order chi connectivity index (χ0) is 9.31. The molecule has 1 aromatic rings. The van der Waals surface area contributed by atoms with Crippen molar-refractivity contribution in [3.63, 3.8) is 0 Å². The number of hydrogen-bond acceptors (Lipinski definition) is 2. The fourth-order valence-electron chi connectivity index (χ4n) is 1.78. The van der Waals surface area contributed by atoms with Crippen molar-refractivity contribution in [2.75, 3.05) is 6.54 Å². The Morgan fingerprint density at radius 3 is 2.85 bits per heavy atom. The summed E-state index contributed by atoms with van der Waals surface area (Å²) in [6.07, 6.45) is 5.61. The molecule has 0 atom stereocenters. The highest BCUT2D eigenvalue weighted by Crippen LogP contribution is 2.47. The second-order valence-electron chi connectivity index (χ2n) is 4.19. The lowest BCUT2D eigenvalue weighted by Gasteiger charge is -2.11. The average Bonchev–Trinajstić information content (AvgIpc) is 2.86. The van der Waals surface area contributed by atoms with Gasteiger partial charge < -0.3 is 5.73 Å². The molecule has 0 spiro atoms. The van der Waals surface area contributed by atoms with Gasteiger partial charge in [0.1, 0.15) is 0 Å². The molecule has 1 aliphatic rings. The van der Waals surface area contributed by atoms with E-state index in [0.717, 1.165) is 18.7 Å². The van der Waals surface area contributed by atoms with Gasteiger partial charge in [0.05, 0.1) is 0 Å². The Morgan fingerprint density at radius 2 is 2.31 bits per heavy atom. The lowest BCUT2D eigenvalue weighted by molar-refractivity contribution is 0.520. The number of nitrogens with two attached hydrogens (primary N) is 1. The SMILES string of the molecule is Cc1cc(CC2(CN)CC2)ccn1. The molecule has 0 amide bonds. The van der Waals surface area contributed by atoms with Gasteiger partial charge >= 0.3 is 0 Å². The topological polar surface area (TPSA) is 38.9 Å². The zero-order valence-electron chi connectivity index (χ0n) is 8.09. The van der Waals surface area contributed by atoms with Gasteiger partial charge in [0, 0.05) is 11.9 Å². The van der Waals surface area contributed by atoms with Crippen molar-refractivity contribution in [3.05, 3.63) is 29.6 Å². The molecule has 1 aromatic heterocycles. The number of aromatic nitrogens is 1. The van der Waals surface area contributed by atoms with Gasteiger partial charge in [-0.2, -0.15) is 0 Å². The Bertz CT molecular complexity index is 303. The minimum absolute atomic E-state index is 0.438. The van der Waals surface area contributed by atoms with Crippen molar-refractivity contribution in [2.45, 2.75) is 26.2 Å². The molecule has 2 rings (SSSR count). The molecular formula is C11H16N2. The summed E-state index contributed by atoms with van der Waals surface area (Å²) in [4.78, 5) is 4.18. The van der Waals surface area contributed by atoms with Crippen molar-refractivity contribution < 1.29 is 0 Å². The van der Waals surface area contributed by atoms with Crippen LogP contribution in [0.1, 0.15) is 24.1 Å². The van der Waals surface area contributed by atoms with Crippen LogP contribution in [0, 0.1) is 12.3 Å². The van der Waals surface area contributed by atoms with Gasteiger partial charge in [-0.25, -0.2) is 0 Å². The minimum atomic E-state index is 0.438. The Balaban J connectivity index is 2.09. The number of nitrogens with zero attached hydrogens (tertiary/aromatic N) is 1. The molecule has 1 aliphatic carbocycles. The quantitative estimate of drug-likeness (QED) is 0.761. The molecule has 2 N–H and O–H groups in total. The minimum Gasteiger partial charge on any atom is -0.330 e. The highest BCUT2D eigenvalue weighted by molar-refractivity contribution is 5.19. The van der Waals surface area contributed by atoms with E-state index in [4.69, 9.17) is 5.73 Å². The van der Waals surface area contributed by atoms with Crippen LogP contribution in [0.4, 0.5) is 0 Å². The monoisotopic (exact) mass is 176 g/mol. The van der Waals surface area contributed by atoms with Gasteiger partial charge in [-0.1, -0.05) is 0 Å². The first kappa shape index (κ1) is 8.70. The molecule has 0 aliphatic heterocycles. The summed E-state index contributed by atoms with van der Waals surface area (Å²) >= 11 is 0. The lowest BCUT2D eigenvalue weighted by Crippen LogP contribution is -2.17. The molecule has 0 unspecified atom stereocenters. The van der Waals surface area contributed by atoms with Crippen molar-refractivity contribution >= 4 is 0 Å². The van der Waals surface area contributed by atoms with Gasteiger partial charge in [-0.3, -0.25) is 4.98 Å². The highest BCUT2D eigenvalue weighted by Gasteiger charge is 2.40. The van der Waals surface area contributed by atoms with Gasteiger partial charge in [0.25, 0.3) is 0 Å². The molecule has 1 saturated carbocycles. The number of pyridine rings is 1. The molecule has 0 saturated heterocycles. The van der Waals surface area contributed by atoms with Crippen LogP contribution < -0.4 is 5.73 Å². The van der Waals surface area contributed by atoms with Crippen LogP contribution in [0.2, 0.25) is 0 Å². The van der Waals surface area contributed by atoms with Crippen LogP contribution in [0.15, 0.2) is 18.3 Å². The third kappa shape index (κ3) is 1.89. The van der Waals surface area contributed by atoms with Crippen molar-refractivity contribution in [1.29, 1.82) is 0 Å². The molecule has 0 radical (unpaired) electrons. The predicted octanol–water partition coefficient (Wildman–Crippen LogP) is 1.67. The van der Waals surface area contributed by atoms with E-state index in [1.165, 1.54) is 18.4 Å². The molecular weight excluding hydrogens is 160 g/mol. The van der Waals surface area contributed by atoms with Crippen molar-refractivity contribution in [3.8, 4) is 0 Å². The maximum Gasteiger partial charge on any atom is 0.0375 e. The van der Waals surface area contributed by atoms with E-state index in [-0.39, 0.29) is 0 Å². The zero-order valence-corrected chi connectivity index (χ0v) is 8.09. The Morgan fingerprint density at radius 1 is 1.54 bits per heavy atom. The number of aryl methyl sites for hydroxylation is 1. The predicted molar refractivity (Wildman–Crippen MR) is 53.4 cm³/mol. The molecule has 2 nitrogen and oxygen atoms in total. The number of rotatable bonds is 3. The van der Waals surface area contributed by atoms with Crippen LogP contribution in [-0.2, 0) is 6.42 Å². The summed E-state index contributed by atoms with van der Waals surface area (Å²) in [6.45, 7) is 2.86. The third-order valence-corrected chi connectivity index (χ3v) is 2.93. The summed E-state index contributed by atoms with van der Waals surface area (Å²) < 4.78 is 0. The first-order chi connectivity index (χ1) is 6.24. The van der Waals surface area contributed by atoms with Crippen LogP contribution in [0.5, 0.6) is 0 Å². The van der Waals surface area contributed by atoms with Crippen LogP contribution >= 0.6 is 0 Å². The van der Waals surface area contributed by atoms with Crippen LogP contribution in [0.25, 0.3) is 0 Å². The standard InChI is InChI=1S/C11H16N2/c1-9-6-10(2-5-13-9)7-11(8-12)3-4-11/h2,5-6H,3-4,7-8,12H2,1H3. The molecule has 13 heavy (non-hydrogen) atoms. The van der Waals surface area contributed by atoms with E-state index in [9.17, 15) is 0 Å². The molecule has 0 aromatic carbocycles. The molecule has 0 bridgehead atoms. The Kier molecular flexibility index (Phi) is 2.08. The van der Waals surface area contributed by atoms with Gasteiger partial charge in [-0.05, 0) is 55.8 Å². The Hall–Kier alpha value is -0.890. The van der Waals surface area contributed by atoms with E-state index in [1.54, 1.807) is 0 Å². The van der Waals surface area contributed by atoms with Crippen molar-refractivity contribution in [2.24, 2.45) is 11.1 Å². The van der Waals surface area contributed by atoms with E-state index >= 15 is 0 Å². The summed E-state index contributed by atoms with van der Waals surface area (Å²) in [6, 6.07) is 4.26. The molecule has 1 heterocycles. The first-order valence-corrected chi connectivity index (χ1v) is 4.86. The lowest BCUT2D eigenvalue weighted by atomic mass is 9.97. The van der Waals surface area contributed by atoms with E-state index < -0.39 is 0 Å². The molecule has 1 fully saturated rings. The second-order valence-corrected chi connectivity index (χ2v) is 4.19. The maximum absolute atomic E-state index is 5.74. The normalized spacial score (nSPS) is 18.6. The van der Waals surface area contributed by atoms with Gasteiger partial charge in [-0.15, -0.1) is 0 Å².